The number of aromatic amines is 1. The van der Waals surface area contributed by atoms with Gasteiger partial charge in [0.1, 0.15) is 11.5 Å². The van der Waals surface area contributed by atoms with E-state index in [4.69, 9.17) is 4.74 Å². The Balaban J connectivity index is 1.34. The molecule has 0 saturated carbocycles. The maximum absolute atomic E-state index is 12.4. The molecule has 1 aliphatic heterocycles. The maximum Gasteiger partial charge on any atom is 0.269 e. The molecule has 1 amide bonds. The SMILES string of the molecule is C[C@@H]1CN(c2ccc(CNC(=O)c3cc(-c4ccccc4)n[nH]3)cn2)CCO1. The van der Waals surface area contributed by atoms with Crippen molar-refractivity contribution in [3.8, 4) is 11.3 Å². The Kier molecular flexibility index (Phi) is 5.34. The first-order valence-electron chi connectivity index (χ1n) is 9.39. The van der Waals surface area contributed by atoms with E-state index in [1.54, 1.807) is 12.3 Å². The summed E-state index contributed by atoms with van der Waals surface area (Å²) in [6.07, 6.45) is 2.02. The minimum atomic E-state index is -0.194. The van der Waals surface area contributed by atoms with E-state index in [0.717, 1.165) is 42.3 Å². The molecule has 1 saturated heterocycles. The molecule has 2 N–H and O–H groups in total. The average molecular weight is 377 g/mol. The van der Waals surface area contributed by atoms with Crippen molar-refractivity contribution < 1.29 is 9.53 Å². The van der Waals surface area contributed by atoms with E-state index in [0.29, 0.717) is 12.2 Å². The van der Waals surface area contributed by atoms with Gasteiger partial charge in [-0.3, -0.25) is 9.89 Å². The highest BCUT2D eigenvalue weighted by Crippen LogP contribution is 2.17. The Morgan fingerprint density at radius 1 is 1.29 bits per heavy atom. The molecule has 1 aromatic carbocycles. The number of carbonyl (C=O) groups excluding carboxylic acids is 1. The summed E-state index contributed by atoms with van der Waals surface area (Å²) in [6, 6.07) is 15.5. The molecule has 144 valence electrons. The molecule has 0 bridgehead atoms. The van der Waals surface area contributed by atoms with Crippen LogP contribution in [0.2, 0.25) is 0 Å². The van der Waals surface area contributed by atoms with Gasteiger partial charge >= 0.3 is 0 Å². The molecule has 1 aliphatic rings. The van der Waals surface area contributed by atoms with E-state index >= 15 is 0 Å². The van der Waals surface area contributed by atoms with Crippen LogP contribution in [0, 0.1) is 0 Å². The fourth-order valence-electron chi connectivity index (χ4n) is 3.21. The predicted molar refractivity (Wildman–Crippen MR) is 107 cm³/mol. The molecule has 28 heavy (non-hydrogen) atoms. The first-order valence-corrected chi connectivity index (χ1v) is 9.39. The highest BCUT2D eigenvalue weighted by Gasteiger charge is 2.17. The Bertz CT molecular complexity index is 923. The summed E-state index contributed by atoms with van der Waals surface area (Å²) in [7, 11) is 0. The van der Waals surface area contributed by atoms with Crippen LogP contribution in [0.5, 0.6) is 0 Å². The average Bonchev–Trinajstić information content (AvgIpc) is 3.23. The standard InChI is InChI=1S/C21H23N5O2/c1-15-14-26(9-10-28-15)20-8-7-16(12-22-20)13-23-21(27)19-11-18(24-25-19)17-5-3-2-4-6-17/h2-8,11-12,15H,9-10,13-14H2,1H3,(H,23,27)(H,24,25)/t15-/m1/s1. The number of anilines is 1. The number of hydrogen-bond acceptors (Lipinski definition) is 5. The number of benzene rings is 1. The van der Waals surface area contributed by atoms with Crippen molar-refractivity contribution in [3.05, 3.63) is 66.0 Å². The van der Waals surface area contributed by atoms with Crippen LogP contribution < -0.4 is 10.2 Å². The van der Waals surface area contributed by atoms with E-state index in [9.17, 15) is 4.79 Å². The van der Waals surface area contributed by atoms with E-state index in [-0.39, 0.29) is 12.0 Å². The number of amides is 1. The topological polar surface area (TPSA) is 83.1 Å². The van der Waals surface area contributed by atoms with Crippen LogP contribution in [0.3, 0.4) is 0 Å². The highest BCUT2D eigenvalue weighted by molar-refractivity contribution is 5.93. The van der Waals surface area contributed by atoms with Gasteiger partial charge in [0, 0.05) is 31.4 Å². The smallest absolute Gasteiger partial charge is 0.269 e. The lowest BCUT2D eigenvalue weighted by Gasteiger charge is -2.32. The first-order chi connectivity index (χ1) is 13.7. The van der Waals surface area contributed by atoms with Gasteiger partial charge in [0.15, 0.2) is 0 Å². The van der Waals surface area contributed by atoms with Crippen molar-refractivity contribution in [2.24, 2.45) is 0 Å². The Hall–Kier alpha value is -3.19. The summed E-state index contributed by atoms with van der Waals surface area (Å²) < 4.78 is 5.57. The molecule has 0 aliphatic carbocycles. The third kappa shape index (κ3) is 4.20. The van der Waals surface area contributed by atoms with E-state index in [1.807, 2.05) is 42.5 Å². The summed E-state index contributed by atoms with van der Waals surface area (Å²) in [5.74, 6) is 0.743. The summed E-state index contributed by atoms with van der Waals surface area (Å²) in [6.45, 7) is 4.87. The second-order valence-electron chi connectivity index (χ2n) is 6.87. The summed E-state index contributed by atoms with van der Waals surface area (Å²) in [5, 5.41) is 9.92. The van der Waals surface area contributed by atoms with Crippen LogP contribution >= 0.6 is 0 Å². The molecule has 7 heteroatoms. The lowest BCUT2D eigenvalue weighted by Crippen LogP contribution is -2.41. The number of carbonyl (C=O) groups is 1. The number of morpholine rings is 1. The van der Waals surface area contributed by atoms with Crippen molar-refractivity contribution in [2.45, 2.75) is 19.6 Å². The van der Waals surface area contributed by atoms with Gasteiger partial charge in [0.05, 0.1) is 18.4 Å². The van der Waals surface area contributed by atoms with E-state index in [1.165, 1.54) is 0 Å². The van der Waals surface area contributed by atoms with Gasteiger partial charge in [-0.1, -0.05) is 36.4 Å². The minimum absolute atomic E-state index is 0.194. The summed E-state index contributed by atoms with van der Waals surface area (Å²) >= 11 is 0. The largest absolute Gasteiger partial charge is 0.375 e. The van der Waals surface area contributed by atoms with Crippen LogP contribution in [-0.2, 0) is 11.3 Å². The predicted octanol–water partition coefficient (Wildman–Crippen LogP) is 2.63. The minimum Gasteiger partial charge on any atom is -0.375 e. The number of nitrogens with zero attached hydrogens (tertiary/aromatic N) is 3. The molecule has 0 unspecified atom stereocenters. The monoisotopic (exact) mass is 377 g/mol. The molecule has 2 aromatic heterocycles. The number of rotatable bonds is 5. The highest BCUT2D eigenvalue weighted by atomic mass is 16.5. The van der Waals surface area contributed by atoms with Crippen molar-refractivity contribution >= 4 is 11.7 Å². The molecule has 4 rings (SSSR count). The molecular weight excluding hydrogens is 354 g/mol. The molecule has 1 atom stereocenters. The van der Waals surface area contributed by atoms with Crippen LogP contribution in [0.4, 0.5) is 5.82 Å². The van der Waals surface area contributed by atoms with E-state index < -0.39 is 0 Å². The molecule has 0 spiro atoms. The second-order valence-corrected chi connectivity index (χ2v) is 6.87. The first kappa shape index (κ1) is 18.2. The van der Waals surface area contributed by atoms with Crippen molar-refractivity contribution in [2.75, 3.05) is 24.6 Å². The fourth-order valence-corrected chi connectivity index (χ4v) is 3.21. The lowest BCUT2D eigenvalue weighted by molar-refractivity contribution is 0.0529. The van der Waals surface area contributed by atoms with Crippen molar-refractivity contribution in [1.29, 1.82) is 0 Å². The van der Waals surface area contributed by atoms with Crippen LogP contribution in [-0.4, -0.2) is 46.9 Å². The van der Waals surface area contributed by atoms with Gasteiger partial charge in [-0.15, -0.1) is 0 Å². The summed E-state index contributed by atoms with van der Waals surface area (Å²) in [4.78, 5) is 19.1. The molecule has 3 aromatic rings. The lowest BCUT2D eigenvalue weighted by atomic mass is 10.1. The normalized spacial score (nSPS) is 16.8. The van der Waals surface area contributed by atoms with Crippen molar-refractivity contribution in [3.63, 3.8) is 0 Å². The quantitative estimate of drug-likeness (QED) is 0.714. The van der Waals surface area contributed by atoms with Crippen molar-refractivity contribution in [1.82, 2.24) is 20.5 Å². The number of hydrogen-bond donors (Lipinski definition) is 2. The van der Waals surface area contributed by atoms with E-state index in [2.05, 4.69) is 32.3 Å². The van der Waals surface area contributed by atoms with Gasteiger partial charge in [-0.25, -0.2) is 4.98 Å². The fraction of sp³-hybridized carbons (Fsp3) is 0.286. The van der Waals surface area contributed by atoms with Gasteiger partial charge in [0.25, 0.3) is 5.91 Å². The number of H-pyrrole nitrogens is 1. The molecule has 0 radical (unpaired) electrons. The zero-order valence-electron chi connectivity index (χ0n) is 15.8. The van der Waals surface area contributed by atoms with Gasteiger partial charge < -0.3 is 15.0 Å². The third-order valence-corrected chi connectivity index (χ3v) is 4.72. The number of pyridine rings is 1. The van der Waals surface area contributed by atoms with Gasteiger partial charge in [-0.05, 0) is 24.6 Å². The van der Waals surface area contributed by atoms with Crippen LogP contribution in [0.15, 0.2) is 54.7 Å². The third-order valence-electron chi connectivity index (χ3n) is 4.72. The number of nitrogens with one attached hydrogen (secondary N) is 2. The number of aromatic nitrogens is 3. The van der Waals surface area contributed by atoms with Crippen LogP contribution in [0.25, 0.3) is 11.3 Å². The summed E-state index contributed by atoms with van der Waals surface area (Å²) in [5.41, 5.74) is 3.10. The second kappa shape index (κ2) is 8.22. The maximum atomic E-state index is 12.4. The van der Waals surface area contributed by atoms with Gasteiger partial charge in [-0.2, -0.15) is 5.10 Å². The zero-order chi connectivity index (χ0) is 19.3. The van der Waals surface area contributed by atoms with Crippen LogP contribution in [0.1, 0.15) is 23.0 Å². The molecule has 1 fully saturated rings. The molecule has 7 nitrogen and oxygen atoms in total. The Morgan fingerprint density at radius 3 is 2.89 bits per heavy atom. The Labute approximate surface area is 163 Å². The number of ether oxygens (including phenoxy) is 1. The molecular formula is C21H23N5O2. The molecule has 3 heterocycles. The zero-order valence-corrected chi connectivity index (χ0v) is 15.8. The van der Waals surface area contributed by atoms with Gasteiger partial charge in [0.2, 0.25) is 0 Å². The Morgan fingerprint density at radius 2 is 2.14 bits per heavy atom.